The molecule has 0 spiro atoms. The highest BCUT2D eigenvalue weighted by atomic mass is 35.5. The Morgan fingerprint density at radius 2 is 2.07 bits per heavy atom. The summed E-state index contributed by atoms with van der Waals surface area (Å²) in [6.07, 6.45) is 2.14. The molecular weight excluding hydrogens is 439 g/mol. The summed E-state index contributed by atoms with van der Waals surface area (Å²) in [7, 11) is 0. The Kier molecular flexibility index (Phi) is 8.77. The number of anilines is 1. The van der Waals surface area contributed by atoms with Crippen molar-refractivity contribution in [3.63, 3.8) is 0 Å². The molecule has 28 heavy (non-hydrogen) atoms. The lowest BCUT2D eigenvalue weighted by molar-refractivity contribution is -0.115. The highest BCUT2D eigenvalue weighted by Gasteiger charge is 2.29. The third-order valence-corrected chi connectivity index (χ3v) is 6.74. The fourth-order valence-electron chi connectivity index (χ4n) is 3.25. The molecule has 3 heterocycles. The molecule has 1 aliphatic heterocycles. The van der Waals surface area contributed by atoms with E-state index in [-0.39, 0.29) is 30.7 Å². The third kappa shape index (κ3) is 5.48. The maximum Gasteiger partial charge on any atom is 0.341 e. The first-order valence-corrected chi connectivity index (χ1v) is 11.1. The second-order valence-electron chi connectivity index (χ2n) is 6.39. The number of carbonyl (C=O) groups excluding carboxylic acids is 2. The van der Waals surface area contributed by atoms with E-state index in [0.29, 0.717) is 21.5 Å². The van der Waals surface area contributed by atoms with E-state index >= 15 is 0 Å². The van der Waals surface area contributed by atoms with Crippen molar-refractivity contribution in [1.29, 1.82) is 0 Å². The Balaban J connectivity index is 0.00000280. The van der Waals surface area contributed by atoms with Crippen LogP contribution in [0.3, 0.4) is 0 Å². The summed E-state index contributed by atoms with van der Waals surface area (Å²) in [4.78, 5) is 29.5. The fraction of sp³-hybridized carbons (Fsp3) is 0.474. The van der Waals surface area contributed by atoms with E-state index in [1.165, 1.54) is 22.7 Å². The second kappa shape index (κ2) is 10.6. The van der Waals surface area contributed by atoms with Crippen molar-refractivity contribution < 1.29 is 14.3 Å². The van der Waals surface area contributed by atoms with Crippen LogP contribution in [-0.2, 0) is 28.9 Å². The van der Waals surface area contributed by atoms with Crippen molar-refractivity contribution in [2.75, 3.05) is 25.0 Å². The van der Waals surface area contributed by atoms with Gasteiger partial charge in [-0.1, -0.05) is 18.5 Å². The lowest BCUT2D eigenvalue weighted by atomic mass is 10.0. The van der Waals surface area contributed by atoms with Gasteiger partial charge in [0.2, 0.25) is 5.91 Å². The van der Waals surface area contributed by atoms with Crippen molar-refractivity contribution in [1.82, 2.24) is 4.90 Å². The normalized spacial score (nSPS) is 13.5. The molecule has 0 aliphatic carbocycles. The SMILES string of the molecule is CCCN1CCc2c(sc(NC(=O)Cc3ccc(Cl)s3)c2C(=O)OCC)C1.Cl. The Morgan fingerprint density at radius 3 is 2.71 bits per heavy atom. The predicted octanol–water partition coefficient (Wildman–Crippen LogP) is 5.01. The Bertz CT molecular complexity index is 835. The van der Waals surface area contributed by atoms with Crippen LogP contribution in [0.5, 0.6) is 0 Å². The minimum absolute atomic E-state index is 0. The highest BCUT2D eigenvalue weighted by Crippen LogP contribution is 2.38. The first-order chi connectivity index (χ1) is 13.0. The zero-order valence-electron chi connectivity index (χ0n) is 15.9. The van der Waals surface area contributed by atoms with Crippen LogP contribution >= 0.6 is 46.7 Å². The van der Waals surface area contributed by atoms with Gasteiger partial charge in [-0.3, -0.25) is 9.69 Å². The lowest BCUT2D eigenvalue weighted by Crippen LogP contribution is -2.30. The monoisotopic (exact) mass is 462 g/mol. The Hall–Kier alpha value is -1.12. The zero-order valence-corrected chi connectivity index (χ0v) is 19.1. The van der Waals surface area contributed by atoms with Gasteiger partial charge >= 0.3 is 5.97 Å². The van der Waals surface area contributed by atoms with Crippen LogP contribution in [-0.4, -0.2) is 36.5 Å². The molecule has 3 rings (SSSR count). The number of hydrogen-bond acceptors (Lipinski definition) is 6. The third-order valence-electron chi connectivity index (χ3n) is 4.37. The minimum atomic E-state index is -0.353. The van der Waals surface area contributed by atoms with Gasteiger partial charge in [-0.2, -0.15) is 0 Å². The largest absolute Gasteiger partial charge is 0.462 e. The number of thiophene rings is 2. The maximum atomic E-state index is 12.6. The molecule has 2 aromatic heterocycles. The molecule has 0 radical (unpaired) electrons. The zero-order chi connectivity index (χ0) is 19.4. The summed E-state index contributed by atoms with van der Waals surface area (Å²) in [6.45, 7) is 7.04. The number of nitrogens with one attached hydrogen (secondary N) is 1. The average Bonchev–Trinajstić information content (AvgIpc) is 3.17. The molecule has 1 N–H and O–H groups in total. The van der Waals surface area contributed by atoms with Crippen LogP contribution in [0, 0.1) is 0 Å². The van der Waals surface area contributed by atoms with Crippen LogP contribution in [0.2, 0.25) is 4.34 Å². The standard InChI is InChI=1S/C19H23ClN2O3S2.ClH/c1-3-8-22-9-7-13-14(11-22)27-18(17(13)19(24)25-4-2)21-16(23)10-12-5-6-15(20)26-12;/h5-6H,3-4,7-11H2,1-2H3,(H,21,23);1H. The van der Waals surface area contributed by atoms with Gasteiger partial charge in [-0.25, -0.2) is 4.79 Å². The molecule has 0 unspecified atom stereocenters. The first kappa shape index (κ1) is 23.2. The van der Waals surface area contributed by atoms with E-state index in [1.54, 1.807) is 13.0 Å². The number of rotatable bonds is 7. The molecule has 5 nitrogen and oxygen atoms in total. The molecule has 0 aromatic carbocycles. The molecule has 0 saturated carbocycles. The maximum absolute atomic E-state index is 12.6. The number of nitrogens with zero attached hydrogens (tertiary/aromatic N) is 1. The van der Waals surface area contributed by atoms with Gasteiger partial charge < -0.3 is 10.1 Å². The number of halogens is 2. The molecule has 2 aromatic rings. The number of amides is 1. The Morgan fingerprint density at radius 1 is 1.29 bits per heavy atom. The van der Waals surface area contributed by atoms with Gasteiger partial charge in [0, 0.05) is 22.8 Å². The molecule has 9 heteroatoms. The smallest absolute Gasteiger partial charge is 0.341 e. The summed E-state index contributed by atoms with van der Waals surface area (Å²) in [5.74, 6) is -0.503. The van der Waals surface area contributed by atoms with Gasteiger partial charge in [0.15, 0.2) is 0 Å². The minimum Gasteiger partial charge on any atom is -0.462 e. The van der Waals surface area contributed by atoms with Crippen molar-refractivity contribution in [2.45, 2.75) is 39.7 Å². The summed E-state index contributed by atoms with van der Waals surface area (Å²) in [5.41, 5.74) is 1.56. The van der Waals surface area contributed by atoms with Gasteiger partial charge in [0.25, 0.3) is 0 Å². The number of hydrogen-bond donors (Lipinski definition) is 1. The summed E-state index contributed by atoms with van der Waals surface area (Å²) in [6, 6.07) is 3.63. The van der Waals surface area contributed by atoms with E-state index in [0.717, 1.165) is 47.8 Å². The second-order valence-corrected chi connectivity index (χ2v) is 9.29. The van der Waals surface area contributed by atoms with Gasteiger partial charge in [0.05, 0.1) is 22.9 Å². The Labute approximate surface area is 184 Å². The lowest BCUT2D eigenvalue weighted by Gasteiger charge is -2.26. The van der Waals surface area contributed by atoms with Gasteiger partial charge in [0.1, 0.15) is 5.00 Å². The quantitative estimate of drug-likeness (QED) is 0.587. The number of fused-ring (bicyclic) bond motifs is 1. The van der Waals surface area contributed by atoms with E-state index in [1.807, 2.05) is 6.07 Å². The van der Waals surface area contributed by atoms with E-state index in [4.69, 9.17) is 16.3 Å². The molecule has 0 atom stereocenters. The molecule has 154 valence electrons. The van der Waals surface area contributed by atoms with E-state index in [9.17, 15) is 9.59 Å². The molecule has 0 bridgehead atoms. The number of esters is 1. The summed E-state index contributed by atoms with van der Waals surface area (Å²) >= 11 is 8.82. The molecule has 1 aliphatic rings. The van der Waals surface area contributed by atoms with Gasteiger partial charge in [-0.05, 0) is 44.0 Å². The van der Waals surface area contributed by atoms with Crippen LogP contribution in [0.25, 0.3) is 0 Å². The summed E-state index contributed by atoms with van der Waals surface area (Å²) in [5, 5.41) is 3.54. The van der Waals surface area contributed by atoms with Crippen molar-refractivity contribution in [2.24, 2.45) is 0 Å². The van der Waals surface area contributed by atoms with Gasteiger partial charge in [-0.15, -0.1) is 35.1 Å². The van der Waals surface area contributed by atoms with E-state index < -0.39 is 0 Å². The number of ether oxygens (including phenoxy) is 1. The molecule has 0 saturated heterocycles. The van der Waals surface area contributed by atoms with Crippen molar-refractivity contribution in [3.05, 3.63) is 37.4 Å². The van der Waals surface area contributed by atoms with Crippen LogP contribution in [0.1, 0.15) is 45.9 Å². The van der Waals surface area contributed by atoms with Crippen LogP contribution < -0.4 is 5.32 Å². The van der Waals surface area contributed by atoms with Crippen LogP contribution in [0.4, 0.5) is 5.00 Å². The number of carbonyl (C=O) groups is 2. The summed E-state index contributed by atoms with van der Waals surface area (Å²) < 4.78 is 5.92. The molecule has 0 fully saturated rings. The van der Waals surface area contributed by atoms with Crippen molar-refractivity contribution >= 4 is 63.6 Å². The molecule has 1 amide bonds. The topological polar surface area (TPSA) is 58.6 Å². The van der Waals surface area contributed by atoms with E-state index in [2.05, 4.69) is 17.1 Å². The fourth-order valence-corrected chi connectivity index (χ4v) is 5.63. The average molecular weight is 463 g/mol. The van der Waals surface area contributed by atoms with Crippen LogP contribution in [0.15, 0.2) is 12.1 Å². The first-order valence-electron chi connectivity index (χ1n) is 9.09. The molecular formula is C19H24Cl2N2O3S2. The van der Waals surface area contributed by atoms with Crippen molar-refractivity contribution in [3.8, 4) is 0 Å². The highest BCUT2D eigenvalue weighted by molar-refractivity contribution is 7.17. The predicted molar refractivity (Wildman–Crippen MR) is 118 cm³/mol.